The molecule has 1 amide bonds. The predicted molar refractivity (Wildman–Crippen MR) is 76.7 cm³/mol. The van der Waals surface area contributed by atoms with Crippen LogP contribution in [0, 0.1) is 5.82 Å². The average molecular weight is 314 g/mol. The van der Waals surface area contributed by atoms with Crippen LogP contribution in [0.4, 0.5) is 4.39 Å². The SMILES string of the molecule is COC(=O)CC1CCCCN1C(=O)c1c(F)cccc1Cl. The molecule has 4 nitrogen and oxygen atoms in total. The van der Waals surface area contributed by atoms with E-state index < -0.39 is 11.7 Å². The first-order chi connectivity index (χ1) is 10.0. The van der Waals surface area contributed by atoms with Gasteiger partial charge in [0.25, 0.3) is 5.91 Å². The molecule has 1 aromatic rings. The Morgan fingerprint density at radius 1 is 1.43 bits per heavy atom. The minimum absolute atomic E-state index is 0.0855. The van der Waals surface area contributed by atoms with Crippen molar-refractivity contribution < 1.29 is 18.7 Å². The number of piperidine rings is 1. The van der Waals surface area contributed by atoms with Gasteiger partial charge in [-0.3, -0.25) is 9.59 Å². The van der Waals surface area contributed by atoms with Crippen molar-refractivity contribution >= 4 is 23.5 Å². The number of amides is 1. The van der Waals surface area contributed by atoms with E-state index in [4.69, 9.17) is 11.6 Å². The Morgan fingerprint density at radius 3 is 2.86 bits per heavy atom. The first-order valence-electron chi connectivity index (χ1n) is 6.86. The Hall–Kier alpha value is -1.62. The largest absolute Gasteiger partial charge is 0.469 e. The lowest BCUT2D eigenvalue weighted by atomic mass is 9.98. The molecule has 2 rings (SSSR count). The lowest BCUT2D eigenvalue weighted by Crippen LogP contribution is -2.45. The van der Waals surface area contributed by atoms with Gasteiger partial charge in [-0.2, -0.15) is 0 Å². The number of benzene rings is 1. The number of hydrogen-bond acceptors (Lipinski definition) is 3. The van der Waals surface area contributed by atoms with E-state index in [1.54, 1.807) is 0 Å². The Labute approximate surface area is 127 Å². The molecule has 0 aliphatic carbocycles. The standard InChI is InChI=1S/C15H17ClFNO3/c1-21-13(19)9-10-5-2-3-8-18(10)15(20)14-11(16)6-4-7-12(14)17/h4,6-7,10H,2-3,5,8-9H2,1H3. The summed E-state index contributed by atoms with van der Waals surface area (Å²) in [5.74, 6) is -1.49. The van der Waals surface area contributed by atoms with Crippen LogP contribution in [0.3, 0.4) is 0 Å². The molecular formula is C15H17ClFNO3. The van der Waals surface area contributed by atoms with Crippen LogP contribution in [-0.2, 0) is 9.53 Å². The minimum atomic E-state index is -0.644. The molecule has 1 aromatic carbocycles. The van der Waals surface area contributed by atoms with Gasteiger partial charge in [-0.15, -0.1) is 0 Å². The fraction of sp³-hybridized carbons (Fsp3) is 0.467. The molecule has 0 saturated carbocycles. The van der Waals surface area contributed by atoms with Gasteiger partial charge in [0.1, 0.15) is 5.82 Å². The van der Waals surface area contributed by atoms with Crippen LogP contribution in [0.25, 0.3) is 0 Å². The van der Waals surface area contributed by atoms with Crippen molar-refractivity contribution in [2.75, 3.05) is 13.7 Å². The third kappa shape index (κ3) is 3.53. The van der Waals surface area contributed by atoms with Crippen molar-refractivity contribution in [1.82, 2.24) is 4.90 Å². The summed E-state index contributed by atoms with van der Waals surface area (Å²) in [6, 6.07) is 3.88. The maximum Gasteiger partial charge on any atom is 0.307 e. The van der Waals surface area contributed by atoms with E-state index in [0.717, 1.165) is 12.8 Å². The fourth-order valence-electron chi connectivity index (χ4n) is 2.60. The highest BCUT2D eigenvalue weighted by Crippen LogP contribution is 2.26. The van der Waals surface area contributed by atoms with Crippen molar-refractivity contribution in [3.05, 3.63) is 34.6 Å². The van der Waals surface area contributed by atoms with E-state index in [1.807, 2.05) is 0 Å². The average Bonchev–Trinajstić information content (AvgIpc) is 2.47. The molecule has 1 aliphatic rings. The van der Waals surface area contributed by atoms with E-state index in [1.165, 1.54) is 30.2 Å². The van der Waals surface area contributed by atoms with Gasteiger partial charge < -0.3 is 9.64 Å². The van der Waals surface area contributed by atoms with Crippen LogP contribution in [0.2, 0.25) is 5.02 Å². The van der Waals surface area contributed by atoms with Crippen molar-refractivity contribution in [2.45, 2.75) is 31.7 Å². The minimum Gasteiger partial charge on any atom is -0.469 e. The van der Waals surface area contributed by atoms with Crippen LogP contribution >= 0.6 is 11.6 Å². The van der Waals surface area contributed by atoms with Crippen molar-refractivity contribution in [3.63, 3.8) is 0 Å². The second kappa shape index (κ2) is 6.89. The Balaban J connectivity index is 2.24. The number of likely N-dealkylation sites (tertiary alicyclic amines) is 1. The van der Waals surface area contributed by atoms with E-state index in [9.17, 15) is 14.0 Å². The van der Waals surface area contributed by atoms with Gasteiger partial charge >= 0.3 is 5.97 Å². The molecule has 6 heteroatoms. The van der Waals surface area contributed by atoms with Gasteiger partial charge in [0.2, 0.25) is 0 Å². The summed E-state index contributed by atoms with van der Waals surface area (Å²) in [5, 5.41) is 0.0855. The van der Waals surface area contributed by atoms with Gasteiger partial charge in [-0.05, 0) is 31.4 Å². The number of methoxy groups -OCH3 is 1. The lowest BCUT2D eigenvalue weighted by molar-refractivity contribution is -0.142. The van der Waals surface area contributed by atoms with E-state index in [-0.39, 0.29) is 29.0 Å². The van der Waals surface area contributed by atoms with E-state index in [0.29, 0.717) is 13.0 Å². The van der Waals surface area contributed by atoms with E-state index >= 15 is 0 Å². The summed E-state index contributed by atoms with van der Waals surface area (Å²) < 4.78 is 18.5. The molecule has 0 aromatic heterocycles. The van der Waals surface area contributed by atoms with Crippen LogP contribution in [0.5, 0.6) is 0 Å². The smallest absolute Gasteiger partial charge is 0.307 e. The number of rotatable bonds is 3. The predicted octanol–water partition coefficient (Wildman–Crippen LogP) is 3.04. The third-order valence-corrected chi connectivity index (χ3v) is 4.01. The molecular weight excluding hydrogens is 297 g/mol. The quantitative estimate of drug-likeness (QED) is 0.806. The molecule has 1 saturated heterocycles. The van der Waals surface area contributed by atoms with Crippen molar-refractivity contribution in [1.29, 1.82) is 0 Å². The topological polar surface area (TPSA) is 46.6 Å². The first kappa shape index (κ1) is 15.8. The number of nitrogens with zero attached hydrogens (tertiary/aromatic N) is 1. The first-order valence-corrected chi connectivity index (χ1v) is 7.24. The fourth-order valence-corrected chi connectivity index (χ4v) is 2.85. The molecule has 0 radical (unpaired) electrons. The van der Waals surface area contributed by atoms with Gasteiger partial charge in [-0.1, -0.05) is 17.7 Å². The number of ether oxygens (including phenoxy) is 1. The zero-order chi connectivity index (χ0) is 15.4. The zero-order valence-corrected chi connectivity index (χ0v) is 12.5. The molecule has 0 N–H and O–H groups in total. The number of halogens is 2. The molecule has 1 atom stereocenters. The molecule has 0 bridgehead atoms. The monoisotopic (exact) mass is 313 g/mol. The van der Waals surface area contributed by atoms with Crippen molar-refractivity contribution in [2.24, 2.45) is 0 Å². The van der Waals surface area contributed by atoms with E-state index in [2.05, 4.69) is 4.74 Å². The molecule has 0 spiro atoms. The maximum atomic E-state index is 13.9. The van der Waals surface area contributed by atoms with Gasteiger partial charge in [0.05, 0.1) is 24.1 Å². The Morgan fingerprint density at radius 2 is 2.19 bits per heavy atom. The molecule has 114 valence electrons. The lowest BCUT2D eigenvalue weighted by Gasteiger charge is -2.35. The van der Waals surface area contributed by atoms with Crippen molar-refractivity contribution in [3.8, 4) is 0 Å². The maximum absolute atomic E-state index is 13.9. The van der Waals surface area contributed by atoms with Crippen LogP contribution < -0.4 is 0 Å². The highest BCUT2D eigenvalue weighted by atomic mass is 35.5. The summed E-state index contributed by atoms with van der Waals surface area (Å²) in [7, 11) is 1.31. The highest BCUT2D eigenvalue weighted by molar-refractivity contribution is 6.33. The molecule has 1 fully saturated rings. The molecule has 1 aliphatic heterocycles. The van der Waals surface area contributed by atoms with Crippen LogP contribution in [0.15, 0.2) is 18.2 Å². The molecule has 21 heavy (non-hydrogen) atoms. The van der Waals surface area contributed by atoms with Gasteiger partial charge in [-0.25, -0.2) is 4.39 Å². The zero-order valence-electron chi connectivity index (χ0n) is 11.8. The Kier molecular flexibility index (Phi) is 5.17. The second-order valence-electron chi connectivity index (χ2n) is 5.03. The number of carbonyl (C=O) groups excluding carboxylic acids is 2. The highest BCUT2D eigenvalue weighted by Gasteiger charge is 2.31. The van der Waals surface area contributed by atoms with Crippen LogP contribution in [0.1, 0.15) is 36.0 Å². The van der Waals surface area contributed by atoms with Crippen LogP contribution in [-0.4, -0.2) is 36.5 Å². The summed E-state index contributed by atoms with van der Waals surface area (Å²) in [5.41, 5.74) is -0.129. The third-order valence-electron chi connectivity index (χ3n) is 3.69. The number of carbonyl (C=O) groups is 2. The summed E-state index contributed by atoms with van der Waals surface area (Å²) >= 11 is 5.95. The Bertz CT molecular complexity index is 529. The summed E-state index contributed by atoms with van der Waals surface area (Å²) in [6.07, 6.45) is 2.58. The van der Waals surface area contributed by atoms with Gasteiger partial charge in [0.15, 0.2) is 0 Å². The normalized spacial score (nSPS) is 18.4. The number of hydrogen-bond donors (Lipinski definition) is 0. The summed E-state index contributed by atoms with van der Waals surface area (Å²) in [4.78, 5) is 25.6. The van der Waals surface area contributed by atoms with Gasteiger partial charge in [0, 0.05) is 12.6 Å². The molecule has 1 heterocycles. The summed E-state index contributed by atoms with van der Waals surface area (Å²) in [6.45, 7) is 0.491. The second-order valence-corrected chi connectivity index (χ2v) is 5.43. The molecule has 1 unspecified atom stereocenters. The number of esters is 1.